The molecule has 1 aromatic carbocycles. The summed E-state index contributed by atoms with van der Waals surface area (Å²) in [6, 6.07) is 3.85. The lowest BCUT2D eigenvalue weighted by molar-refractivity contribution is 0.0601. The predicted octanol–water partition coefficient (Wildman–Crippen LogP) is 3.14. The summed E-state index contributed by atoms with van der Waals surface area (Å²) >= 11 is 3.55. The summed E-state index contributed by atoms with van der Waals surface area (Å²) in [5.41, 5.74) is 3.12. The average molecular weight is 294 g/mol. The fraction of sp³-hybridized carbons (Fsp3) is 0.308. The number of nitrogens with zero attached hydrogens (tertiary/aromatic N) is 1. The van der Waals surface area contributed by atoms with Gasteiger partial charge in [0.25, 0.3) is 0 Å². The van der Waals surface area contributed by atoms with Gasteiger partial charge in [0, 0.05) is 22.6 Å². The molecule has 0 atom stereocenters. The first-order valence-electron chi connectivity index (χ1n) is 5.60. The van der Waals surface area contributed by atoms with Gasteiger partial charge in [-0.25, -0.2) is 4.79 Å². The number of ether oxygens (including phenoxy) is 1. The van der Waals surface area contributed by atoms with Crippen molar-refractivity contribution in [2.45, 2.75) is 19.4 Å². The first kappa shape index (κ1) is 10.8. The second kappa shape index (κ2) is 3.88. The van der Waals surface area contributed by atoms with Gasteiger partial charge in [-0.15, -0.1) is 0 Å². The molecule has 2 aromatic rings. The van der Waals surface area contributed by atoms with Gasteiger partial charge in [0.15, 0.2) is 0 Å². The molecule has 1 aromatic heterocycles. The second-order valence-electron chi connectivity index (χ2n) is 4.30. The number of carbonyl (C=O) groups is 1. The highest BCUT2D eigenvalue weighted by Crippen LogP contribution is 2.33. The van der Waals surface area contributed by atoms with Crippen LogP contribution in [0.4, 0.5) is 0 Å². The molecular formula is C13H12BrNO2. The number of esters is 1. The van der Waals surface area contributed by atoms with E-state index in [1.54, 1.807) is 0 Å². The molecule has 0 radical (unpaired) electrons. The van der Waals surface area contributed by atoms with Gasteiger partial charge in [-0.1, -0.05) is 0 Å². The van der Waals surface area contributed by atoms with E-state index in [1.807, 2.05) is 12.1 Å². The Labute approximate surface area is 107 Å². The Morgan fingerprint density at radius 2 is 2.29 bits per heavy atom. The minimum absolute atomic E-state index is 0.270. The SMILES string of the molecule is COC(=O)c1cc2c3c(c1)c(Br)cn3CCC2. The number of methoxy groups -OCH3 is 1. The quantitative estimate of drug-likeness (QED) is 0.757. The van der Waals surface area contributed by atoms with Crippen molar-refractivity contribution in [1.29, 1.82) is 0 Å². The van der Waals surface area contributed by atoms with Crippen LogP contribution in [0.1, 0.15) is 22.3 Å². The molecule has 0 saturated carbocycles. The summed E-state index contributed by atoms with van der Waals surface area (Å²) in [5, 5.41) is 1.10. The normalized spacial score (nSPS) is 14.0. The maximum atomic E-state index is 11.6. The second-order valence-corrected chi connectivity index (χ2v) is 5.15. The molecule has 1 aliphatic heterocycles. The van der Waals surface area contributed by atoms with Crippen molar-refractivity contribution < 1.29 is 9.53 Å². The fourth-order valence-electron chi connectivity index (χ4n) is 2.53. The molecule has 3 rings (SSSR count). The number of halogens is 1. The highest BCUT2D eigenvalue weighted by atomic mass is 79.9. The zero-order valence-corrected chi connectivity index (χ0v) is 11.1. The molecule has 0 saturated heterocycles. The maximum Gasteiger partial charge on any atom is 0.337 e. The summed E-state index contributed by atoms with van der Waals surface area (Å²) in [6.07, 6.45) is 4.24. The molecule has 4 heteroatoms. The summed E-state index contributed by atoms with van der Waals surface area (Å²) in [7, 11) is 1.41. The molecule has 3 nitrogen and oxygen atoms in total. The lowest BCUT2D eigenvalue weighted by Crippen LogP contribution is -2.08. The van der Waals surface area contributed by atoms with Crippen LogP contribution in [0.5, 0.6) is 0 Å². The van der Waals surface area contributed by atoms with Gasteiger partial charge in [0.2, 0.25) is 0 Å². The van der Waals surface area contributed by atoms with E-state index in [2.05, 4.69) is 26.7 Å². The van der Waals surface area contributed by atoms with Crippen molar-refractivity contribution in [2.75, 3.05) is 7.11 Å². The van der Waals surface area contributed by atoms with E-state index in [0.29, 0.717) is 5.56 Å². The van der Waals surface area contributed by atoms with Crippen molar-refractivity contribution in [3.05, 3.63) is 33.9 Å². The average Bonchev–Trinajstić information content (AvgIpc) is 2.67. The molecule has 1 aliphatic rings. The lowest BCUT2D eigenvalue weighted by Gasteiger charge is -2.16. The van der Waals surface area contributed by atoms with E-state index in [0.717, 1.165) is 29.2 Å². The molecule has 0 unspecified atom stereocenters. The van der Waals surface area contributed by atoms with Crippen molar-refractivity contribution in [3.63, 3.8) is 0 Å². The van der Waals surface area contributed by atoms with Gasteiger partial charge >= 0.3 is 5.97 Å². The van der Waals surface area contributed by atoms with Gasteiger partial charge < -0.3 is 9.30 Å². The predicted molar refractivity (Wildman–Crippen MR) is 69.3 cm³/mol. The van der Waals surface area contributed by atoms with Gasteiger partial charge in [-0.2, -0.15) is 0 Å². The van der Waals surface area contributed by atoms with E-state index < -0.39 is 0 Å². The van der Waals surface area contributed by atoms with Crippen LogP contribution in [0.2, 0.25) is 0 Å². The number of hydrogen-bond acceptors (Lipinski definition) is 2. The number of aromatic nitrogens is 1. The fourth-order valence-corrected chi connectivity index (χ4v) is 3.08. The molecular weight excluding hydrogens is 282 g/mol. The molecule has 88 valence electrons. The maximum absolute atomic E-state index is 11.6. The molecule has 2 heterocycles. The van der Waals surface area contributed by atoms with E-state index in [1.165, 1.54) is 18.2 Å². The van der Waals surface area contributed by atoms with Crippen LogP contribution in [0.15, 0.2) is 22.8 Å². The van der Waals surface area contributed by atoms with Crippen LogP contribution in [-0.4, -0.2) is 17.6 Å². The highest BCUT2D eigenvalue weighted by molar-refractivity contribution is 9.10. The summed E-state index contributed by atoms with van der Waals surface area (Å²) in [5.74, 6) is -0.270. The molecule has 0 fully saturated rings. The van der Waals surface area contributed by atoms with Crippen LogP contribution in [0.3, 0.4) is 0 Å². The van der Waals surface area contributed by atoms with Gasteiger partial charge in [-0.3, -0.25) is 0 Å². The van der Waals surface area contributed by atoms with Crippen molar-refractivity contribution in [1.82, 2.24) is 4.57 Å². The molecule has 0 aliphatic carbocycles. The largest absolute Gasteiger partial charge is 0.465 e. The monoisotopic (exact) mass is 293 g/mol. The number of hydrogen-bond donors (Lipinski definition) is 0. The summed E-state index contributed by atoms with van der Waals surface area (Å²) < 4.78 is 8.08. The standard InChI is InChI=1S/C13H12BrNO2/c1-17-13(16)9-5-8-3-2-4-15-7-11(14)10(6-9)12(8)15/h5-7H,2-4H2,1H3. The van der Waals surface area contributed by atoms with Gasteiger partial charge in [0.05, 0.1) is 18.2 Å². The number of rotatable bonds is 1. The van der Waals surface area contributed by atoms with Gasteiger partial charge in [0.1, 0.15) is 0 Å². The first-order valence-corrected chi connectivity index (χ1v) is 6.39. The van der Waals surface area contributed by atoms with Gasteiger partial charge in [-0.05, 0) is 46.5 Å². The Bertz CT molecular complexity index is 615. The smallest absolute Gasteiger partial charge is 0.337 e. The topological polar surface area (TPSA) is 31.2 Å². The summed E-state index contributed by atoms with van der Waals surface area (Å²) in [4.78, 5) is 11.6. The Morgan fingerprint density at radius 1 is 1.47 bits per heavy atom. The van der Waals surface area contributed by atoms with Crippen molar-refractivity contribution in [3.8, 4) is 0 Å². The summed E-state index contributed by atoms with van der Waals surface area (Å²) in [6.45, 7) is 1.05. The Balaban J connectivity index is 2.31. The Hall–Kier alpha value is -1.29. The Morgan fingerprint density at radius 3 is 3.06 bits per heavy atom. The molecule has 0 spiro atoms. The van der Waals surface area contributed by atoms with E-state index in [-0.39, 0.29) is 5.97 Å². The lowest BCUT2D eigenvalue weighted by atomic mass is 10.0. The third-order valence-corrected chi connectivity index (χ3v) is 3.90. The molecule has 0 bridgehead atoms. The van der Waals surface area contributed by atoms with Crippen molar-refractivity contribution in [2.24, 2.45) is 0 Å². The van der Waals surface area contributed by atoms with E-state index in [9.17, 15) is 4.79 Å². The molecule has 17 heavy (non-hydrogen) atoms. The van der Waals surface area contributed by atoms with E-state index >= 15 is 0 Å². The highest BCUT2D eigenvalue weighted by Gasteiger charge is 2.18. The number of aryl methyl sites for hydroxylation is 2. The van der Waals surface area contributed by atoms with E-state index in [4.69, 9.17) is 4.74 Å². The van der Waals surface area contributed by atoms with Crippen LogP contribution >= 0.6 is 15.9 Å². The minimum Gasteiger partial charge on any atom is -0.465 e. The zero-order valence-electron chi connectivity index (χ0n) is 9.50. The molecule has 0 N–H and O–H groups in total. The van der Waals surface area contributed by atoms with Crippen LogP contribution in [0, 0.1) is 0 Å². The Kier molecular flexibility index (Phi) is 2.47. The van der Waals surface area contributed by atoms with Crippen LogP contribution < -0.4 is 0 Å². The number of benzene rings is 1. The third-order valence-electron chi connectivity index (χ3n) is 3.27. The molecule has 0 amide bonds. The minimum atomic E-state index is -0.270. The van der Waals surface area contributed by atoms with Crippen molar-refractivity contribution >= 4 is 32.8 Å². The zero-order chi connectivity index (χ0) is 12.0. The first-order chi connectivity index (χ1) is 8.20. The van der Waals surface area contributed by atoms with Crippen LogP contribution in [0.25, 0.3) is 10.9 Å². The number of carbonyl (C=O) groups excluding carboxylic acids is 1. The van der Waals surface area contributed by atoms with Crippen LogP contribution in [-0.2, 0) is 17.7 Å². The third kappa shape index (κ3) is 1.59.